The molecule has 2 spiro atoms. The lowest BCUT2D eigenvalue weighted by Gasteiger charge is -2.54. The molecule has 0 aromatic heterocycles. The second kappa shape index (κ2) is 7.41. The van der Waals surface area contributed by atoms with Crippen LogP contribution in [0.3, 0.4) is 0 Å². The zero-order valence-electron chi connectivity index (χ0n) is 23.0. The fraction of sp³-hybridized carbons (Fsp3) is 0.344. The van der Waals surface area contributed by atoms with Crippen molar-refractivity contribution in [2.45, 2.75) is 33.0 Å². The molecule has 11 nitrogen and oxygen atoms in total. The number of esters is 1. The summed E-state index contributed by atoms with van der Waals surface area (Å²) in [5.41, 5.74) is -5.80. The molecule has 4 bridgehead atoms. The molecule has 0 heterocycles. The zero-order valence-corrected chi connectivity index (χ0v) is 23.0. The van der Waals surface area contributed by atoms with Crippen LogP contribution in [0.15, 0.2) is 35.4 Å². The van der Waals surface area contributed by atoms with Gasteiger partial charge in [0.2, 0.25) is 0 Å². The number of aryl methyl sites for hydroxylation is 2. The topological polar surface area (TPSA) is 196 Å². The molecule has 2 aromatic carbocycles. The van der Waals surface area contributed by atoms with Gasteiger partial charge < -0.3 is 30.3 Å². The molecular weight excluding hydrogens is 560 g/mol. The highest BCUT2D eigenvalue weighted by atomic mass is 16.5. The number of phenols is 2. The lowest BCUT2D eigenvalue weighted by atomic mass is 9.46. The largest absolute Gasteiger partial charge is 0.507 e. The number of aliphatic hydroxyl groups is 3. The number of aliphatic hydroxyl groups excluding tert-OH is 3. The maximum atomic E-state index is 14.8. The van der Waals surface area contributed by atoms with Gasteiger partial charge in [-0.25, -0.2) is 0 Å². The van der Waals surface area contributed by atoms with E-state index < -0.39 is 110 Å². The monoisotopic (exact) mass is 584 g/mol. The molecule has 4 fully saturated rings. The predicted molar refractivity (Wildman–Crippen MR) is 144 cm³/mol. The smallest absolute Gasteiger partial charge is 0.302 e. The Labute approximate surface area is 242 Å². The number of ether oxygens (including phenoxy) is 1. The second-order valence-corrected chi connectivity index (χ2v) is 12.6. The summed E-state index contributed by atoms with van der Waals surface area (Å²) in [4.78, 5) is 71.4. The van der Waals surface area contributed by atoms with Crippen LogP contribution < -0.4 is 0 Å². The van der Waals surface area contributed by atoms with E-state index in [2.05, 4.69) is 0 Å². The Bertz CT molecular complexity index is 1850. The van der Waals surface area contributed by atoms with Crippen molar-refractivity contribution < 1.29 is 54.2 Å². The highest BCUT2D eigenvalue weighted by molar-refractivity contribution is 6.30. The first-order valence-corrected chi connectivity index (χ1v) is 13.8. The summed E-state index contributed by atoms with van der Waals surface area (Å²) in [7, 11) is 0. The SMILES string of the molecule is CC(=O)OC1[C@@H]2[C@H]3C(O)[C@@H]4C(=O)C5=C(O)c6c(O)cc(C)cc6C(=O)C53[C@H]1C(=O)C1=C(O)c3c(O)cc(C)cc3C(=O)C124. The molecule has 4 saturated carbocycles. The first-order chi connectivity index (χ1) is 20.2. The minimum Gasteiger partial charge on any atom is -0.507 e. The van der Waals surface area contributed by atoms with E-state index in [0.717, 1.165) is 6.92 Å². The van der Waals surface area contributed by atoms with Gasteiger partial charge in [-0.2, -0.15) is 0 Å². The summed E-state index contributed by atoms with van der Waals surface area (Å²) < 4.78 is 5.70. The Kier molecular flexibility index (Phi) is 4.46. The third-order valence-corrected chi connectivity index (χ3v) is 10.7. The summed E-state index contributed by atoms with van der Waals surface area (Å²) in [5, 5.41) is 56.8. The molecule has 8 atom stereocenters. The van der Waals surface area contributed by atoms with Gasteiger partial charge in [0.25, 0.3) is 0 Å². The van der Waals surface area contributed by atoms with Crippen LogP contribution in [0.1, 0.15) is 49.9 Å². The van der Waals surface area contributed by atoms with Crippen LogP contribution in [0.4, 0.5) is 0 Å². The quantitative estimate of drug-likeness (QED) is 0.309. The van der Waals surface area contributed by atoms with Gasteiger partial charge >= 0.3 is 5.97 Å². The van der Waals surface area contributed by atoms with Crippen molar-refractivity contribution in [2.24, 2.45) is 34.5 Å². The average Bonchev–Trinajstić information content (AvgIpc) is 3.27. The van der Waals surface area contributed by atoms with Gasteiger partial charge in [0.15, 0.2) is 23.1 Å². The number of carbonyl (C=O) groups is 5. The third-order valence-electron chi connectivity index (χ3n) is 10.7. The van der Waals surface area contributed by atoms with Gasteiger partial charge in [-0.05, 0) is 49.2 Å². The normalized spacial score (nSPS) is 36.1. The van der Waals surface area contributed by atoms with E-state index in [9.17, 15) is 49.5 Å². The molecule has 43 heavy (non-hydrogen) atoms. The lowest BCUT2D eigenvalue weighted by Crippen LogP contribution is -2.65. The van der Waals surface area contributed by atoms with Crippen molar-refractivity contribution in [3.8, 4) is 11.5 Å². The fourth-order valence-electron chi connectivity index (χ4n) is 9.81. The molecule has 0 amide bonds. The molecule has 2 aromatic rings. The second-order valence-electron chi connectivity index (χ2n) is 12.6. The Balaban J connectivity index is 1.56. The Morgan fingerprint density at radius 2 is 1.16 bits per heavy atom. The molecule has 5 N–H and O–H groups in total. The van der Waals surface area contributed by atoms with E-state index in [-0.39, 0.29) is 22.3 Å². The minimum absolute atomic E-state index is 0.205. The van der Waals surface area contributed by atoms with Crippen LogP contribution in [0.25, 0.3) is 11.5 Å². The van der Waals surface area contributed by atoms with Crippen molar-refractivity contribution in [1.82, 2.24) is 0 Å². The van der Waals surface area contributed by atoms with Crippen molar-refractivity contribution in [2.75, 3.05) is 0 Å². The summed E-state index contributed by atoms with van der Waals surface area (Å²) in [6.07, 6.45) is -3.21. The number of rotatable bonds is 1. The molecule has 6 aliphatic rings. The van der Waals surface area contributed by atoms with Crippen LogP contribution in [0.5, 0.6) is 11.5 Å². The number of hydrogen-bond donors (Lipinski definition) is 5. The van der Waals surface area contributed by atoms with E-state index in [1.807, 2.05) is 0 Å². The van der Waals surface area contributed by atoms with E-state index in [1.165, 1.54) is 24.3 Å². The third kappa shape index (κ3) is 2.38. The number of aromatic hydroxyl groups is 2. The minimum atomic E-state index is -2.29. The number of benzene rings is 2. The maximum Gasteiger partial charge on any atom is 0.302 e. The van der Waals surface area contributed by atoms with Crippen molar-refractivity contribution in [1.29, 1.82) is 0 Å². The van der Waals surface area contributed by atoms with Crippen LogP contribution in [-0.4, -0.2) is 66.8 Å². The number of Topliss-reactive ketones (excluding diaryl/α,β-unsaturated/α-hetero) is 4. The van der Waals surface area contributed by atoms with Crippen molar-refractivity contribution in [3.05, 3.63) is 68.8 Å². The van der Waals surface area contributed by atoms with Crippen LogP contribution in [-0.2, 0) is 19.1 Å². The van der Waals surface area contributed by atoms with Gasteiger partial charge in [0.1, 0.15) is 29.1 Å². The molecule has 0 radical (unpaired) electrons. The first kappa shape index (κ1) is 25.9. The zero-order chi connectivity index (χ0) is 30.8. The maximum absolute atomic E-state index is 14.8. The molecular formula is C32H24O11. The van der Waals surface area contributed by atoms with E-state index in [1.54, 1.807) is 13.8 Å². The average molecular weight is 585 g/mol. The predicted octanol–water partition coefficient (Wildman–Crippen LogP) is 2.27. The number of allylic oxidation sites excluding steroid dienone is 2. The number of phenolic OH excluding ortho intramolecular Hbond substituents is 2. The molecule has 0 aliphatic heterocycles. The van der Waals surface area contributed by atoms with Crippen LogP contribution >= 0.6 is 0 Å². The Morgan fingerprint density at radius 3 is 1.63 bits per heavy atom. The lowest BCUT2D eigenvalue weighted by molar-refractivity contribution is -0.159. The number of fused-ring (bicyclic) bond motifs is 4. The summed E-state index contributed by atoms with van der Waals surface area (Å²) in [6, 6.07) is 5.35. The molecule has 11 heteroatoms. The standard InChI is InChI=1S/C32H24O11/c1-8-4-11-15(13(34)6-8)23(36)19-26(39)21-25(38)17-18-28(43-10(3)33)22(31(17,19)29(11)41)27(40)20-24(37)16-12(30(42)32(18,20)21)5-9(2)7-14(16)35/h4-7,17-18,21-22,25,28,34-38H,1-3H3/t17-,18-,21+,22-,25?,28?,31?,32?/m0/s1. The van der Waals surface area contributed by atoms with Crippen molar-refractivity contribution >= 4 is 40.6 Å². The number of ketones is 4. The first-order valence-electron chi connectivity index (χ1n) is 13.8. The van der Waals surface area contributed by atoms with Gasteiger partial charge in [0.05, 0.1) is 51.0 Å². The highest BCUT2D eigenvalue weighted by Crippen LogP contribution is 2.80. The summed E-state index contributed by atoms with van der Waals surface area (Å²) in [6.45, 7) is 4.26. The van der Waals surface area contributed by atoms with Crippen LogP contribution in [0.2, 0.25) is 0 Å². The van der Waals surface area contributed by atoms with Crippen molar-refractivity contribution in [3.63, 3.8) is 0 Å². The van der Waals surface area contributed by atoms with E-state index in [0.29, 0.717) is 11.1 Å². The Hall–Kier alpha value is -4.77. The fourth-order valence-corrected chi connectivity index (χ4v) is 9.81. The van der Waals surface area contributed by atoms with Gasteiger partial charge in [-0.15, -0.1) is 0 Å². The molecule has 8 rings (SSSR count). The van der Waals surface area contributed by atoms with E-state index in [4.69, 9.17) is 4.74 Å². The Morgan fingerprint density at radius 1 is 0.721 bits per heavy atom. The van der Waals surface area contributed by atoms with Crippen LogP contribution in [0, 0.1) is 48.3 Å². The highest BCUT2D eigenvalue weighted by Gasteiger charge is 2.90. The van der Waals surface area contributed by atoms with E-state index >= 15 is 0 Å². The molecule has 4 unspecified atom stereocenters. The van der Waals surface area contributed by atoms with Gasteiger partial charge in [-0.1, -0.05) is 0 Å². The van der Waals surface area contributed by atoms with Gasteiger partial charge in [0, 0.05) is 29.9 Å². The van der Waals surface area contributed by atoms with Gasteiger partial charge in [-0.3, -0.25) is 24.0 Å². The number of carbonyl (C=O) groups excluding carboxylic acids is 5. The molecule has 0 saturated heterocycles. The summed E-state index contributed by atoms with van der Waals surface area (Å²) in [5.74, 6) is -13.2. The molecule has 6 aliphatic carbocycles. The number of hydrogen-bond acceptors (Lipinski definition) is 11. The molecule has 218 valence electrons. The summed E-state index contributed by atoms with van der Waals surface area (Å²) >= 11 is 0.